The van der Waals surface area contributed by atoms with Crippen LogP contribution in [0.5, 0.6) is 0 Å². The Hall–Kier alpha value is 1.63. The molecule has 0 aromatic heterocycles. The van der Waals surface area contributed by atoms with E-state index < -0.39 is 22.4 Å². The predicted octanol–water partition coefficient (Wildman–Crippen LogP) is 10.2. The normalized spacial score (nSPS) is 20.0. The van der Waals surface area contributed by atoms with Gasteiger partial charge in [0.1, 0.15) is 19.1 Å². The van der Waals surface area contributed by atoms with Crippen molar-refractivity contribution in [3.63, 3.8) is 0 Å². The highest BCUT2D eigenvalue weighted by Crippen LogP contribution is 2.90. The molecule has 0 bridgehead atoms. The van der Waals surface area contributed by atoms with Gasteiger partial charge in [-0.3, -0.25) is 0 Å². The van der Waals surface area contributed by atoms with Gasteiger partial charge < -0.3 is 4.72 Å². The van der Waals surface area contributed by atoms with Crippen molar-refractivity contribution < 1.29 is 0 Å². The van der Waals surface area contributed by atoms with E-state index in [0.717, 1.165) is 33.2 Å². The molecule has 1 aliphatic heterocycles. The Balaban J connectivity index is 4.24. The zero-order valence-corrected chi connectivity index (χ0v) is 26.3. The maximum atomic E-state index is 4.26. The first-order valence-corrected chi connectivity index (χ1v) is 21.0. The molecular weight excluding hydrogens is 534 g/mol. The van der Waals surface area contributed by atoms with Crippen LogP contribution in [0.3, 0.4) is 0 Å². The van der Waals surface area contributed by atoms with Gasteiger partial charge in [0, 0.05) is 0 Å². The molecule has 162 valence electrons. The third kappa shape index (κ3) is 3.54. The highest BCUT2D eigenvalue weighted by Gasteiger charge is 2.70. The SMILES string of the molecule is CC(C)[Si](C(C)C)(C(C)C)S1([Si](C(C)C)(C(C)C)C(C)C)SNC(Br)=C1Br. The van der Waals surface area contributed by atoms with E-state index >= 15 is 0 Å². The summed E-state index contributed by atoms with van der Waals surface area (Å²) in [4.78, 5) is 0. The number of rotatable bonds is 8. The molecule has 0 radical (unpaired) electrons. The number of nitrogens with one attached hydrogen (secondary N) is 1. The molecule has 0 saturated heterocycles. The minimum absolute atomic E-state index is 0.760. The van der Waals surface area contributed by atoms with Crippen LogP contribution in [0.15, 0.2) is 8.42 Å². The smallest absolute Gasteiger partial charge is 0.119 e. The molecule has 7 heteroatoms. The van der Waals surface area contributed by atoms with Crippen molar-refractivity contribution in [2.45, 2.75) is 116 Å². The summed E-state index contributed by atoms with van der Waals surface area (Å²) in [6.07, 6.45) is 0. The molecule has 1 heterocycles. The zero-order chi connectivity index (χ0) is 21.5. The van der Waals surface area contributed by atoms with Crippen LogP contribution in [0.4, 0.5) is 0 Å². The first kappa shape index (κ1) is 26.7. The quantitative estimate of drug-likeness (QED) is 0.133. The van der Waals surface area contributed by atoms with Crippen LogP contribution in [0.1, 0.15) is 83.1 Å². The van der Waals surface area contributed by atoms with Gasteiger partial charge in [0.2, 0.25) is 0 Å². The molecule has 1 rings (SSSR count). The lowest BCUT2D eigenvalue weighted by molar-refractivity contribution is 0.840. The highest BCUT2D eigenvalue weighted by molar-refractivity contribution is 9.28. The summed E-state index contributed by atoms with van der Waals surface area (Å²) >= 11 is 8.19. The summed E-state index contributed by atoms with van der Waals surface area (Å²) in [5.74, 6) is 0. The Morgan fingerprint density at radius 1 is 0.630 bits per heavy atom. The second-order valence-electron chi connectivity index (χ2n) is 9.96. The van der Waals surface area contributed by atoms with Gasteiger partial charge in [0.15, 0.2) is 0 Å². The van der Waals surface area contributed by atoms with Gasteiger partial charge in [0.05, 0.1) is 3.81 Å². The Labute approximate surface area is 193 Å². The largest absolute Gasteiger partial charge is 0.315 e. The summed E-state index contributed by atoms with van der Waals surface area (Å²) < 4.78 is 6.53. The van der Waals surface area contributed by atoms with E-state index in [1.54, 1.807) is 0 Å². The first-order valence-electron chi connectivity index (χ1n) is 10.5. The Bertz CT molecular complexity index is 485. The van der Waals surface area contributed by atoms with Crippen molar-refractivity contribution in [3.8, 4) is 0 Å². The maximum Gasteiger partial charge on any atom is 0.119 e. The van der Waals surface area contributed by atoms with Crippen LogP contribution in [0.2, 0.25) is 33.2 Å². The van der Waals surface area contributed by atoms with E-state index in [0.29, 0.717) is 0 Å². The molecule has 0 aromatic carbocycles. The number of halogens is 2. The van der Waals surface area contributed by atoms with Gasteiger partial charge in [-0.25, -0.2) is 0 Å². The van der Waals surface area contributed by atoms with Gasteiger partial charge in [-0.05, 0) is 76.1 Å². The van der Waals surface area contributed by atoms with E-state index in [-0.39, 0.29) is 0 Å². The lowest BCUT2D eigenvalue weighted by Crippen LogP contribution is -2.61. The zero-order valence-electron chi connectivity index (χ0n) is 19.5. The maximum absolute atomic E-state index is 4.26. The van der Waals surface area contributed by atoms with Crippen molar-refractivity contribution >= 4 is 65.2 Å². The summed E-state index contributed by atoms with van der Waals surface area (Å²) in [7, 11) is -2.40. The van der Waals surface area contributed by atoms with Crippen molar-refractivity contribution in [2.75, 3.05) is 0 Å². The van der Waals surface area contributed by atoms with Crippen LogP contribution < -0.4 is 4.72 Å². The minimum atomic E-state index is -1.76. The lowest BCUT2D eigenvalue weighted by Gasteiger charge is -2.68. The van der Waals surface area contributed by atoms with E-state index in [2.05, 4.69) is 131 Å². The molecule has 0 unspecified atom stereocenters. The van der Waals surface area contributed by atoms with E-state index in [9.17, 15) is 0 Å². The van der Waals surface area contributed by atoms with Crippen molar-refractivity contribution in [1.29, 1.82) is 0 Å². The van der Waals surface area contributed by atoms with E-state index in [4.69, 9.17) is 0 Å². The molecule has 27 heavy (non-hydrogen) atoms. The molecule has 0 atom stereocenters. The average molecular weight is 578 g/mol. The molecule has 1 nitrogen and oxygen atoms in total. The van der Waals surface area contributed by atoms with Crippen LogP contribution in [0.25, 0.3) is 0 Å². The van der Waals surface area contributed by atoms with Crippen molar-refractivity contribution in [1.82, 2.24) is 4.72 Å². The fraction of sp³-hybridized carbons (Fsp3) is 0.900. The Kier molecular flexibility index (Phi) is 9.30. The lowest BCUT2D eigenvalue weighted by atomic mass is 10.5. The summed E-state index contributed by atoms with van der Waals surface area (Å²) in [6, 6.07) is 0. The van der Waals surface area contributed by atoms with Crippen LogP contribution in [0, 0.1) is 0 Å². The topological polar surface area (TPSA) is 12.0 Å². The molecule has 0 fully saturated rings. The van der Waals surface area contributed by atoms with Gasteiger partial charge in [0.25, 0.3) is 0 Å². The second-order valence-corrected chi connectivity index (χ2v) is 37.2. The van der Waals surface area contributed by atoms with Gasteiger partial charge in [-0.1, -0.05) is 83.1 Å². The van der Waals surface area contributed by atoms with Crippen molar-refractivity contribution in [2.24, 2.45) is 0 Å². The fourth-order valence-corrected chi connectivity index (χ4v) is 79.9. The van der Waals surface area contributed by atoms with Crippen LogP contribution >= 0.6 is 50.8 Å². The van der Waals surface area contributed by atoms with Gasteiger partial charge in [-0.2, -0.15) is 7.96 Å². The predicted molar refractivity (Wildman–Crippen MR) is 145 cm³/mol. The fourth-order valence-electron chi connectivity index (χ4n) is 7.05. The number of hydrogen-bond donors (Lipinski definition) is 1. The molecule has 0 amide bonds. The highest BCUT2D eigenvalue weighted by atomic mass is 79.9. The third-order valence-electron chi connectivity index (χ3n) is 7.09. The first-order chi connectivity index (χ1) is 12.2. The molecule has 1 aliphatic rings. The van der Waals surface area contributed by atoms with Crippen LogP contribution in [-0.2, 0) is 0 Å². The summed E-state index contributed by atoms with van der Waals surface area (Å²) in [5.41, 5.74) is 4.56. The standard InChI is InChI=1S/C20H43Br2NS2Si2/c1-13(2)26(14(3)4,15(5)6)25(20(22)19(21)23-24-25)27(16(7)8,17(9)10)18(11)12/h13-18,23H,1-12H3. The van der Waals surface area contributed by atoms with Crippen molar-refractivity contribution in [3.05, 3.63) is 8.42 Å². The second kappa shape index (κ2) is 9.41. The molecule has 0 spiro atoms. The van der Waals surface area contributed by atoms with Crippen LogP contribution in [-0.4, -0.2) is 14.4 Å². The molecule has 0 aliphatic carbocycles. The van der Waals surface area contributed by atoms with Gasteiger partial charge in [-0.15, -0.1) is 0 Å². The monoisotopic (exact) mass is 575 g/mol. The molecular formula is C20H43Br2NS2Si2. The average Bonchev–Trinajstić information content (AvgIpc) is 2.76. The Morgan fingerprint density at radius 2 is 0.889 bits per heavy atom. The third-order valence-corrected chi connectivity index (χ3v) is 57.3. The Morgan fingerprint density at radius 3 is 1.04 bits per heavy atom. The van der Waals surface area contributed by atoms with E-state index in [1.807, 2.05) is 0 Å². The van der Waals surface area contributed by atoms with Gasteiger partial charge >= 0.3 is 0 Å². The summed E-state index contributed by atoms with van der Waals surface area (Å²) in [6.45, 7) is 30.6. The van der Waals surface area contributed by atoms with E-state index in [1.165, 1.54) is 8.42 Å². The number of hydrogen-bond acceptors (Lipinski definition) is 2. The molecule has 0 aromatic rings. The summed E-state index contributed by atoms with van der Waals surface area (Å²) in [5, 5.41) is 0. The molecule has 0 saturated carbocycles. The minimum Gasteiger partial charge on any atom is -0.315 e. The molecule has 1 N–H and O–H groups in total.